The van der Waals surface area contributed by atoms with Gasteiger partial charge in [-0.05, 0) is 35.2 Å². The van der Waals surface area contributed by atoms with Crippen LogP contribution in [0, 0.1) is 0 Å². The summed E-state index contributed by atoms with van der Waals surface area (Å²) < 4.78 is 3.43. The topological polar surface area (TPSA) is 56.9 Å². The second-order valence-corrected chi connectivity index (χ2v) is 9.63. The van der Waals surface area contributed by atoms with Crippen LogP contribution in [0.1, 0.15) is 5.56 Å². The van der Waals surface area contributed by atoms with Crippen LogP contribution in [0.4, 0.5) is 0 Å². The fraction of sp³-hybridized carbons (Fsp3) is 0.0357. The van der Waals surface area contributed by atoms with Gasteiger partial charge in [-0.2, -0.15) is 0 Å². The fourth-order valence-corrected chi connectivity index (χ4v) is 5.81. The van der Waals surface area contributed by atoms with Crippen LogP contribution in [0.15, 0.2) is 107 Å². The molecule has 0 fully saturated rings. The minimum absolute atomic E-state index is 0.285. The van der Waals surface area contributed by atoms with Crippen LogP contribution in [-0.4, -0.2) is 14.1 Å². The molecular weight excluding hydrogens is 478 g/mol. The van der Waals surface area contributed by atoms with Crippen LogP contribution in [0.5, 0.6) is 0 Å². The Balaban J connectivity index is 1.70. The van der Waals surface area contributed by atoms with Crippen molar-refractivity contribution >= 4 is 43.9 Å². The molecule has 3 aromatic heterocycles. The first kappa shape index (κ1) is 21.5. The lowest BCUT2D eigenvalue weighted by Gasteiger charge is -2.14. The molecule has 0 aliphatic rings. The molecule has 0 amide bonds. The van der Waals surface area contributed by atoms with Gasteiger partial charge in [0.2, 0.25) is 0 Å². The van der Waals surface area contributed by atoms with Gasteiger partial charge in [-0.25, -0.2) is 9.36 Å². The number of hydrogen-bond donors (Lipinski definition) is 0. The first-order chi connectivity index (χ1) is 17.1. The summed E-state index contributed by atoms with van der Waals surface area (Å²) in [7, 11) is 0. The number of pyridine rings is 1. The number of rotatable bonds is 4. The highest BCUT2D eigenvalue weighted by Gasteiger charge is 2.20. The van der Waals surface area contributed by atoms with Crippen LogP contribution in [0.3, 0.4) is 0 Å². The largest absolute Gasteiger partial charge is 0.336 e. The minimum atomic E-state index is -0.397. The Kier molecular flexibility index (Phi) is 5.32. The smallest absolute Gasteiger partial charge is 0.287 e. The van der Waals surface area contributed by atoms with Crippen molar-refractivity contribution < 1.29 is 0 Å². The summed E-state index contributed by atoms with van der Waals surface area (Å²) in [4.78, 5) is 32.8. The van der Waals surface area contributed by atoms with Crippen LogP contribution in [-0.2, 0) is 6.54 Å². The molecule has 170 valence electrons. The van der Waals surface area contributed by atoms with Gasteiger partial charge >= 0.3 is 5.69 Å². The average Bonchev–Trinajstić information content (AvgIpc) is 3.33. The maximum Gasteiger partial charge on any atom is 0.336 e. The molecule has 0 atom stereocenters. The van der Waals surface area contributed by atoms with E-state index in [4.69, 9.17) is 11.6 Å². The lowest BCUT2D eigenvalue weighted by Crippen LogP contribution is -2.38. The van der Waals surface area contributed by atoms with Crippen molar-refractivity contribution in [2.45, 2.75) is 6.54 Å². The Labute approximate surface area is 209 Å². The summed E-state index contributed by atoms with van der Waals surface area (Å²) in [5.41, 5.74) is 2.10. The van der Waals surface area contributed by atoms with E-state index in [1.54, 1.807) is 17.0 Å². The van der Waals surface area contributed by atoms with E-state index < -0.39 is 5.69 Å². The number of hydrogen-bond acceptors (Lipinski definition) is 4. The molecule has 35 heavy (non-hydrogen) atoms. The highest BCUT2D eigenvalue weighted by molar-refractivity contribution is 7.22. The predicted molar refractivity (Wildman–Crippen MR) is 143 cm³/mol. The molecule has 3 aromatic carbocycles. The normalized spacial score (nSPS) is 11.3. The first-order valence-electron chi connectivity index (χ1n) is 11.0. The van der Waals surface area contributed by atoms with Gasteiger partial charge in [-0.15, -0.1) is 11.3 Å². The van der Waals surface area contributed by atoms with Crippen molar-refractivity contribution in [3.63, 3.8) is 0 Å². The standard InChI is InChI=1S/C28H18ClN3O2S/c29-22-12-4-3-11-21(22)25-15-24-26(35-25)27(33)32(23-13-5-9-19-8-1-2-10-20(19)23)28(34)31(24)17-18-7-6-14-30-16-18/h1-16H,17H2. The molecule has 0 aliphatic heterocycles. The monoisotopic (exact) mass is 495 g/mol. The first-order valence-corrected chi connectivity index (χ1v) is 12.2. The highest BCUT2D eigenvalue weighted by Crippen LogP contribution is 2.36. The third-order valence-corrected chi connectivity index (χ3v) is 7.51. The summed E-state index contributed by atoms with van der Waals surface area (Å²) in [5, 5.41) is 2.39. The summed E-state index contributed by atoms with van der Waals surface area (Å²) in [5.74, 6) is 0. The van der Waals surface area contributed by atoms with Crippen molar-refractivity contribution in [1.29, 1.82) is 0 Å². The highest BCUT2D eigenvalue weighted by atomic mass is 35.5. The quantitative estimate of drug-likeness (QED) is 0.295. The van der Waals surface area contributed by atoms with E-state index in [0.29, 0.717) is 20.9 Å². The Hall–Kier alpha value is -4.00. The van der Waals surface area contributed by atoms with Crippen molar-refractivity contribution in [2.75, 3.05) is 0 Å². The number of halogens is 1. The summed E-state index contributed by atoms with van der Waals surface area (Å²) in [6, 6.07) is 26.5. The number of nitrogens with zero attached hydrogens (tertiary/aromatic N) is 3. The van der Waals surface area contributed by atoms with Crippen molar-refractivity contribution in [3.05, 3.63) is 129 Å². The van der Waals surface area contributed by atoms with E-state index in [0.717, 1.165) is 26.8 Å². The SMILES string of the molecule is O=c1c2sc(-c3ccccc3Cl)cc2n(Cc2cccnc2)c(=O)n1-c1cccc2ccccc12. The third kappa shape index (κ3) is 3.67. The fourth-order valence-electron chi connectivity index (χ4n) is 4.38. The Morgan fingerprint density at radius 2 is 1.69 bits per heavy atom. The lowest BCUT2D eigenvalue weighted by atomic mass is 10.1. The van der Waals surface area contributed by atoms with Crippen LogP contribution in [0.2, 0.25) is 5.02 Å². The number of aromatic nitrogens is 3. The van der Waals surface area contributed by atoms with Crippen molar-refractivity contribution in [1.82, 2.24) is 14.1 Å². The maximum atomic E-state index is 13.9. The molecule has 3 heterocycles. The molecule has 5 nitrogen and oxygen atoms in total. The molecule has 0 bridgehead atoms. The van der Waals surface area contributed by atoms with E-state index >= 15 is 0 Å². The molecule has 6 rings (SSSR count). The van der Waals surface area contributed by atoms with Gasteiger partial charge in [0, 0.05) is 33.2 Å². The molecule has 7 heteroatoms. The van der Waals surface area contributed by atoms with Gasteiger partial charge in [0.25, 0.3) is 5.56 Å². The zero-order valence-corrected chi connectivity index (χ0v) is 20.0. The second-order valence-electron chi connectivity index (χ2n) is 8.17. The molecule has 0 saturated heterocycles. The summed E-state index contributed by atoms with van der Waals surface area (Å²) in [6.45, 7) is 0.285. The van der Waals surface area contributed by atoms with E-state index in [9.17, 15) is 9.59 Å². The van der Waals surface area contributed by atoms with Gasteiger partial charge in [0.1, 0.15) is 4.70 Å². The van der Waals surface area contributed by atoms with E-state index in [-0.39, 0.29) is 12.1 Å². The maximum absolute atomic E-state index is 13.9. The zero-order chi connectivity index (χ0) is 23.9. The average molecular weight is 496 g/mol. The van der Waals surface area contributed by atoms with Crippen molar-refractivity contribution in [3.8, 4) is 16.1 Å². The molecule has 0 spiro atoms. The molecular formula is C28H18ClN3O2S. The van der Waals surface area contributed by atoms with Gasteiger partial charge < -0.3 is 0 Å². The number of fused-ring (bicyclic) bond motifs is 2. The van der Waals surface area contributed by atoms with Crippen LogP contribution >= 0.6 is 22.9 Å². The van der Waals surface area contributed by atoms with Gasteiger partial charge in [0.05, 0.1) is 17.7 Å². The van der Waals surface area contributed by atoms with Gasteiger partial charge in [0.15, 0.2) is 0 Å². The second kappa shape index (κ2) is 8.65. The predicted octanol–water partition coefficient (Wildman–Crippen LogP) is 6.13. The molecule has 0 radical (unpaired) electrons. The van der Waals surface area contributed by atoms with E-state index in [1.165, 1.54) is 15.9 Å². The number of thiophene rings is 1. The molecule has 0 aliphatic carbocycles. The third-order valence-electron chi connectivity index (χ3n) is 6.03. The van der Waals surface area contributed by atoms with Crippen LogP contribution in [0.25, 0.3) is 37.1 Å². The summed E-state index contributed by atoms with van der Waals surface area (Å²) >= 11 is 7.81. The van der Waals surface area contributed by atoms with Gasteiger partial charge in [-0.1, -0.05) is 72.3 Å². The minimum Gasteiger partial charge on any atom is -0.287 e. The van der Waals surface area contributed by atoms with E-state index in [2.05, 4.69) is 4.98 Å². The molecule has 6 aromatic rings. The molecule has 0 N–H and O–H groups in total. The lowest BCUT2D eigenvalue weighted by molar-refractivity contribution is 0.716. The Bertz CT molecular complexity index is 1830. The summed E-state index contributed by atoms with van der Waals surface area (Å²) in [6.07, 6.45) is 3.42. The molecule has 0 saturated carbocycles. The Morgan fingerprint density at radius 1 is 0.886 bits per heavy atom. The zero-order valence-electron chi connectivity index (χ0n) is 18.4. The van der Waals surface area contributed by atoms with Crippen LogP contribution < -0.4 is 11.2 Å². The van der Waals surface area contributed by atoms with Gasteiger partial charge in [-0.3, -0.25) is 14.3 Å². The number of benzene rings is 3. The van der Waals surface area contributed by atoms with Crippen molar-refractivity contribution in [2.24, 2.45) is 0 Å². The molecule has 0 unspecified atom stereocenters. The van der Waals surface area contributed by atoms with E-state index in [1.807, 2.05) is 84.9 Å². The Morgan fingerprint density at radius 3 is 2.51 bits per heavy atom.